The molecule has 1 amide bonds. The second-order valence-electron chi connectivity index (χ2n) is 2.71. The van der Waals surface area contributed by atoms with Gasteiger partial charge in [0.2, 0.25) is 5.91 Å². The number of hydrogen-bond acceptors (Lipinski definition) is 3. The van der Waals surface area contributed by atoms with Crippen molar-refractivity contribution in [3.63, 3.8) is 0 Å². The van der Waals surface area contributed by atoms with Crippen LogP contribution in [-0.4, -0.2) is 25.1 Å². The zero-order valence-corrected chi connectivity index (χ0v) is 7.47. The lowest BCUT2D eigenvalue weighted by molar-refractivity contribution is -0.126. The summed E-state index contributed by atoms with van der Waals surface area (Å²) in [5, 5.41) is 2.75. The van der Waals surface area contributed by atoms with E-state index in [0.717, 1.165) is 0 Å². The van der Waals surface area contributed by atoms with Crippen LogP contribution in [0.15, 0.2) is 0 Å². The van der Waals surface area contributed by atoms with Crippen molar-refractivity contribution in [1.82, 2.24) is 10.8 Å². The number of hydroxylamine groups is 1. The van der Waals surface area contributed by atoms with Gasteiger partial charge in [-0.05, 0) is 20.8 Å². The summed E-state index contributed by atoms with van der Waals surface area (Å²) in [6, 6.07) is -0.133. The number of nitrogens with one attached hydrogen (secondary N) is 2. The standard InChI is InChI=1S/C7H16N2O2/c1-5(2)8-7(10)6(3)9-11-4/h5-6,9H,1-4H3,(H,8,10). The van der Waals surface area contributed by atoms with Gasteiger partial charge in [-0.2, -0.15) is 5.48 Å². The van der Waals surface area contributed by atoms with Gasteiger partial charge < -0.3 is 10.2 Å². The van der Waals surface area contributed by atoms with Crippen LogP contribution in [0.25, 0.3) is 0 Å². The van der Waals surface area contributed by atoms with Crippen molar-refractivity contribution < 1.29 is 9.63 Å². The highest BCUT2D eigenvalue weighted by Gasteiger charge is 2.11. The Labute approximate surface area is 67.3 Å². The number of rotatable bonds is 4. The summed E-state index contributed by atoms with van der Waals surface area (Å²) < 4.78 is 0. The molecule has 11 heavy (non-hydrogen) atoms. The van der Waals surface area contributed by atoms with Crippen LogP contribution in [0, 0.1) is 0 Å². The Kier molecular flexibility index (Phi) is 4.81. The Morgan fingerprint density at radius 3 is 2.27 bits per heavy atom. The molecule has 0 spiro atoms. The van der Waals surface area contributed by atoms with Crippen molar-refractivity contribution in [3.8, 4) is 0 Å². The molecule has 66 valence electrons. The fourth-order valence-corrected chi connectivity index (χ4v) is 0.640. The van der Waals surface area contributed by atoms with Crippen molar-refractivity contribution in [2.75, 3.05) is 7.11 Å². The van der Waals surface area contributed by atoms with E-state index in [2.05, 4.69) is 15.6 Å². The van der Waals surface area contributed by atoms with E-state index in [1.165, 1.54) is 7.11 Å². The van der Waals surface area contributed by atoms with Crippen LogP contribution in [0.5, 0.6) is 0 Å². The van der Waals surface area contributed by atoms with Gasteiger partial charge in [-0.1, -0.05) is 0 Å². The first-order chi connectivity index (χ1) is 5.07. The highest BCUT2D eigenvalue weighted by atomic mass is 16.6. The molecular formula is C7H16N2O2. The molecule has 0 saturated heterocycles. The van der Waals surface area contributed by atoms with Gasteiger partial charge in [-0.15, -0.1) is 0 Å². The minimum absolute atomic E-state index is 0.0538. The first-order valence-electron chi connectivity index (χ1n) is 3.66. The van der Waals surface area contributed by atoms with E-state index >= 15 is 0 Å². The van der Waals surface area contributed by atoms with Crippen LogP contribution in [0.3, 0.4) is 0 Å². The summed E-state index contributed by atoms with van der Waals surface area (Å²) in [6.45, 7) is 5.57. The quantitative estimate of drug-likeness (QED) is 0.571. The van der Waals surface area contributed by atoms with Crippen molar-refractivity contribution in [2.24, 2.45) is 0 Å². The van der Waals surface area contributed by atoms with Crippen LogP contribution >= 0.6 is 0 Å². The maximum atomic E-state index is 11.1. The van der Waals surface area contributed by atoms with Gasteiger partial charge in [-0.25, -0.2) is 0 Å². The van der Waals surface area contributed by atoms with Crippen LogP contribution in [0.2, 0.25) is 0 Å². The lowest BCUT2D eigenvalue weighted by Gasteiger charge is -2.13. The molecule has 0 radical (unpaired) electrons. The minimum Gasteiger partial charge on any atom is -0.353 e. The first kappa shape index (κ1) is 10.4. The van der Waals surface area contributed by atoms with E-state index in [-0.39, 0.29) is 18.0 Å². The molecule has 0 aromatic carbocycles. The molecule has 2 N–H and O–H groups in total. The second kappa shape index (κ2) is 5.09. The fourth-order valence-electron chi connectivity index (χ4n) is 0.640. The average Bonchev–Trinajstić information content (AvgIpc) is 1.86. The third kappa shape index (κ3) is 4.75. The number of carbonyl (C=O) groups excluding carboxylic acids is 1. The van der Waals surface area contributed by atoms with Crippen molar-refractivity contribution in [3.05, 3.63) is 0 Å². The zero-order valence-electron chi connectivity index (χ0n) is 7.47. The third-order valence-corrected chi connectivity index (χ3v) is 1.12. The Morgan fingerprint density at radius 2 is 1.91 bits per heavy atom. The summed E-state index contributed by atoms with van der Waals surface area (Å²) in [5.41, 5.74) is 2.54. The lowest BCUT2D eigenvalue weighted by Crippen LogP contribution is -2.44. The molecule has 0 aliphatic carbocycles. The van der Waals surface area contributed by atoms with Gasteiger partial charge in [0.05, 0.1) is 7.11 Å². The average molecular weight is 160 g/mol. The van der Waals surface area contributed by atoms with Gasteiger partial charge >= 0.3 is 0 Å². The largest absolute Gasteiger partial charge is 0.353 e. The van der Waals surface area contributed by atoms with E-state index in [0.29, 0.717) is 0 Å². The molecule has 0 aliphatic heterocycles. The van der Waals surface area contributed by atoms with Crippen LogP contribution in [-0.2, 0) is 9.63 Å². The minimum atomic E-state index is -0.303. The van der Waals surface area contributed by atoms with Crippen molar-refractivity contribution in [1.29, 1.82) is 0 Å². The second-order valence-corrected chi connectivity index (χ2v) is 2.71. The summed E-state index contributed by atoms with van der Waals surface area (Å²) in [4.78, 5) is 15.7. The lowest BCUT2D eigenvalue weighted by atomic mass is 10.3. The SMILES string of the molecule is CONC(C)C(=O)NC(C)C. The number of hydrogen-bond donors (Lipinski definition) is 2. The predicted molar refractivity (Wildman–Crippen MR) is 42.9 cm³/mol. The van der Waals surface area contributed by atoms with Gasteiger partial charge in [0.25, 0.3) is 0 Å². The molecule has 0 aromatic rings. The number of carbonyl (C=O) groups is 1. The monoisotopic (exact) mass is 160 g/mol. The molecule has 0 saturated carbocycles. The maximum Gasteiger partial charge on any atom is 0.239 e. The van der Waals surface area contributed by atoms with Crippen molar-refractivity contribution in [2.45, 2.75) is 32.9 Å². The zero-order chi connectivity index (χ0) is 8.85. The third-order valence-electron chi connectivity index (χ3n) is 1.12. The molecule has 4 heteroatoms. The van der Waals surface area contributed by atoms with Crippen LogP contribution in [0.4, 0.5) is 0 Å². The molecule has 0 aliphatic rings. The topological polar surface area (TPSA) is 50.4 Å². The molecule has 4 nitrogen and oxygen atoms in total. The van der Waals surface area contributed by atoms with E-state index in [1.807, 2.05) is 13.8 Å². The Morgan fingerprint density at radius 1 is 1.36 bits per heavy atom. The highest BCUT2D eigenvalue weighted by Crippen LogP contribution is 1.84. The molecule has 0 rings (SSSR count). The summed E-state index contributed by atoms with van der Waals surface area (Å²) in [7, 11) is 1.49. The number of amides is 1. The van der Waals surface area contributed by atoms with Gasteiger partial charge in [-0.3, -0.25) is 4.79 Å². The molecule has 0 heterocycles. The molecular weight excluding hydrogens is 144 g/mol. The Balaban J connectivity index is 3.64. The molecule has 1 atom stereocenters. The van der Waals surface area contributed by atoms with Gasteiger partial charge in [0, 0.05) is 6.04 Å². The fraction of sp³-hybridized carbons (Fsp3) is 0.857. The maximum absolute atomic E-state index is 11.1. The molecule has 0 fully saturated rings. The van der Waals surface area contributed by atoms with Crippen LogP contribution in [0.1, 0.15) is 20.8 Å². The normalized spacial score (nSPS) is 13.2. The predicted octanol–water partition coefficient (Wildman–Crippen LogP) is 0.0505. The Bertz CT molecular complexity index is 126. The summed E-state index contributed by atoms with van der Waals surface area (Å²) >= 11 is 0. The van der Waals surface area contributed by atoms with Crippen LogP contribution < -0.4 is 10.8 Å². The highest BCUT2D eigenvalue weighted by molar-refractivity contribution is 5.81. The van der Waals surface area contributed by atoms with E-state index < -0.39 is 0 Å². The summed E-state index contributed by atoms with van der Waals surface area (Å²) in [5.74, 6) is -0.0538. The molecule has 0 bridgehead atoms. The van der Waals surface area contributed by atoms with E-state index in [4.69, 9.17) is 0 Å². The van der Waals surface area contributed by atoms with Gasteiger partial charge in [0.1, 0.15) is 6.04 Å². The van der Waals surface area contributed by atoms with E-state index in [1.54, 1.807) is 6.92 Å². The summed E-state index contributed by atoms with van der Waals surface area (Å²) in [6.07, 6.45) is 0. The molecule has 1 unspecified atom stereocenters. The Hall–Kier alpha value is -0.610. The smallest absolute Gasteiger partial charge is 0.239 e. The first-order valence-corrected chi connectivity index (χ1v) is 3.66. The molecule has 0 aromatic heterocycles. The van der Waals surface area contributed by atoms with Gasteiger partial charge in [0.15, 0.2) is 0 Å². The van der Waals surface area contributed by atoms with Crippen molar-refractivity contribution >= 4 is 5.91 Å². The van der Waals surface area contributed by atoms with E-state index in [9.17, 15) is 4.79 Å².